The van der Waals surface area contributed by atoms with Crippen LogP contribution in [0.4, 0.5) is 18.0 Å². The number of carbonyl (C=O) groups is 1. The number of hydrogen-bond acceptors (Lipinski definition) is 6. The molecule has 1 saturated heterocycles. The van der Waals surface area contributed by atoms with E-state index in [-0.39, 0.29) is 42.3 Å². The number of nitrogens with one attached hydrogen (secondary N) is 1. The molecule has 0 spiro atoms. The fourth-order valence-corrected chi connectivity index (χ4v) is 5.48. The Balaban J connectivity index is 1.42. The number of benzene rings is 2. The number of piperidine rings is 1. The number of halogens is 3. The number of amides is 1. The first-order valence-corrected chi connectivity index (χ1v) is 13.7. The lowest BCUT2D eigenvalue weighted by atomic mass is 9.85. The van der Waals surface area contributed by atoms with Gasteiger partial charge in [0.05, 0.1) is 6.04 Å². The predicted molar refractivity (Wildman–Crippen MR) is 137 cm³/mol. The van der Waals surface area contributed by atoms with Gasteiger partial charge in [-0.25, -0.2) is 4.79 Å². The molecule has 2 heterocycles. The summed E-state index contributed by atoms with van der Waals surface area (Å²) >= 11 is -1.40. The molecule has 1 fully saturated rings. The van der Waals surface area contributed by atoms with Crippen molar-refractivity contribution in [3.8, 4) is 11.5 Å². The monoisotopic (exact) mass is 554 g/mol. The van der Waals surface area contributed by atoms with Crippen LogP contribution >= 0.6 is 0 Å². The van der Waals surface area contributed by atoms with Crippen LogP contribution in [0.1, 0.15) is 57.2 Å². The van der Waals surface area contributed by atoms with E-state index in [0.717, 1.165) is 5.56 Å². The number of rotatable bonds is 6. The second-order valence-corrected chi connectivity index (χ2v) is 12.6. The number of hydrogen-bond donors (Lipinski definition) is 1. The molecule has 0 aromatic heterocycles. The van der Waals surface area contributed by atoms with Crippen molar-refractivity contribution in [3.05, 3.63) is 59.7 Å². The van der Waals surface area contributed by atoms with Crippen molar-refractivity contribution >= 4 is 17.5 Å². The number of likely N-dealkylation sites (tertiary alicyclic amines) is 1. The van der Waals surface area contributed by atoms with E-state index < -0.39 is 22.5 Å². The summed E-state index contributed by atoms with van der Waals surface area (Å²) in [7, 11) is 0. The molecule has 7 nitrogen and oxygen atoms in total. The minimum atomic E-state index is -4.82. The Morgan fingerprint density at radius 2 is 1.82 bits per heavy atom. The van der Waals surface area contributed by atoms with Crippen molar-refractivity contribution in [2.75, 3.05) is 13.1 Å². The molecule has 1 N–H and O–H groups in total. The summed E-state index contributed by atoms with van der Waals surface area (Å²) in [5.41, 5.74) is 1.54. The SMILES string of the molecule is CC(C)(C)[S+]([O-])N[C@@H]1C[C@H](C2CCN(C(=O)OCc3ccccc3)CC2)Oc2cc(OC(F)(F)F)ccc21. The first-order valence-electron chi connectivity index (χ1n) is 12.6. The van der Waals surface area contributed by atoms with Crippen molar-refractivity contribution < 1.29 is 36.7 Å². The maximum atomic E-state index is 12.9. The molecule has 2 aromatic carbocycles. The van der Waals surface area contributed by atoms with E-state index in [1.807, 2.05) is 51.1 Å². The molecule has 3 atom stereocenters. The summed E-state index contributed by atoms with van der Waals surface area (Å²) in [4.78, 5) is 14.2. The fourth-order valence-electron chi connectivity index (χ4n) is 4.64. The summed E-state index contributed by atoms with van der Waals surface area (Å²) in [6, 6.07) is 13.1. The summed E-state index contributed by atoms with van der Waals surface area (Å²) in [6.07, 6.45) is -3.74. The lowest BCUT2D eigenvalue weighted by Gasteiger charge is -2.40. The maximum Gasteiger partial charge on any atom is 0.573 e. The molecule has 1 amide bonds. The van der Waals surface area contributed by atoms with Gasteiger partial charge in [0.2, 0.25) is 0 Å². The van der Waals surface area contributed by atoms with Crippen LogP contribution in [0.2, 0.25) is 0 Å². The molecule has 2 aromatic rings. The third kappa shape index (κ3) is 7.48. The van der Waals surface area contributed by atoms with Gasteiger partial charge in [-0.1, -0.05) is 30.3 Å². The normalized spacial score (nSPS) is 21.3. The van der Waals surface area contributed by atoms with Crippen LogP contribution in [0, 0.1) is 5.92 Å². The van der Waals surface area contributed by atoms with Gasteiger partial charge in [0.1, 0.15) is 29.0 Å². The van der Waals surface area contributed by atoms with Gasteiger partial charge in [-0.3, -0.25) is 0 Å². The number of ether oxygens (including phenoxy) is 3. The average Bonchev–Trinajstić information content (AvgIpc) is 2.86. The lowest BCUT2D eigenvalue weighted by Crippen LogP contribution is -2.47. The maximum absolute atomic E-state index is 12.9. The summed E-state index contributed by atoms with van der Waals surface area (Å²) in [5.74, 6) is -0.0411. The highest BCUT2D eigenvalue weighted by Gasteiger charge is 2.40. The fraction of sp³-hybridized carbons (Fsp3) is 0.519. The van der Waals surface area contributed by atoms with Gasteiger partial charge in [-0.05, 0) is 57.2 Å². The zero-order chi connectivity index (χ0) is 27.5. The molecule has 1 unspecified atom stereocenters. The van der Waals surface area contributed by atoms with Crippen LogP contribution in [0.5, 0.6) is 11.5 Å². The Morgan fingerprint density at radius 3 is 2.45 bits per heavy atom. The van der Waals surface area contributed by atoms with Crippen LogP contribution in [0.15, 0.2) is 48.5 Å². The minimum Gasteiger partial charge on any atom is -0.598 e. The molecule has 4 rings (SSSR count). The zero-order valence-electron chi connectivity index (χ0n) is 21.6. The molecule has 38 heavy (non-hydrogen) atoms. The van der Waals surface area contributed by atoms with Crippen molar-refractivity contribution in [3.63, 3.8) is 0 Å². The quantitative estimate of drug-likeness (QED) is 0.449. The Morgan fingerprint density at radius 1 is 1.13 bits per heavy atom. The Labute approximate surface area is 223 Å². The van der Waals surface area contributed by atoms with Gasteiger partial charge in [0, 0.05) is 42.5 Å². The first kappa shape index (κ1) is 28.4. The van der Waals surface area contributed by atoms with E-state index >= 15 is 0 Å². The van der Waals surface area contributed by atoms with Gasteiger partial charge in [0.25, 0.3) is 0 Å². The standard InChI is InChI=1S/C27H33F3N2O5S/c1-26(2,3)38(34)31-22-16-23(36-24-15-20(9-10-21(22)24)37-27(28,29)30)19-11-13-32(14-12-19)25(33)35-17-18-7-5-4-6-8-18/h4-10,15,19,22-23,31H,11-14,16-17H2,1-3H3/t22-,23-,38?/m1/s1. The second-order valence-electron chi connectivity index (χ2n) is 10.6. The number of fused-ring (bicyclic) bond motifs is 1. The highest BCUT2D eigenvalue weighted by atomic mass is 32.2. The molecule has 0 saturated carbocycles. The zero-order valence-corrected chi connectivity index (χ0v) is 22.4. The molecule has 0 radical (unpaired) electrons. The van der Waals surface area contributed by atoms with Crippen LogP contribution in [-0.2, 0) is 22.7 Å². The van der Waals surface area contributed by atoms with E-state index in [0.29, 0.717) is 37.9 Å². The van der Waals surface area contributed by atoms with Gasteiger partial charge in [-0.2, -0.15) is 0 Å². The second kappa shape index (κ2) is 11.6. The first-order chi connectivity index (χ1) is 17.9. The smallest absolute Gasteiger partial charge is 0.573 e. The van der Waals surface area contributed by atoms with Crippen molar-refractivity contribution in [1.82, 2.24) is 9.62 Å². The summed E-state index contributed by atoms with van der Waals surface area (Å²) < 4.78 is 69.7. The average molecular weight is 555 g/mol. The predicted octanol–water partition coefficient (Wildman–Crippen LogP) is 5.88. The van der Waals surface area contributed by atoms with Crippen LogP contribution < -0.4 is 14.2 Å². The third-order valence-corrected chi connectivity index (χ3v) is 8.29. The number of nitrogens with zero attached hydrogens (tertiary/aromatic N) is 1. The van der Waals surface area contributed by atoms with Crippen molar-refractivity contribution in [1.29, 1.82) is 0 Å². The van der Waals surface area contributed by atoms with E-state index in [1.165, 1.54) is 18.2 Å². The molecule has 11 heteroatoms. The lowest BCUT2D eigenvalue weighted by molar-refractivity contribution is -0.274. The largest absolute Gasteiger partial charge is 0.598 e. The number of carbonyl (C=O) groups excluding carboxylic acids is 1. The Kier molecular flexibility index (Phi) is 8.68. The molecule has 0 aliphatic carbocycles. The summed E-state index contributed by atoms with van der Waals surface area (Å²) in [5, 5.41) is 0. The topological polar surface area (TPSA) is 83.1 Å². The van der Waals surface area contributed by atoms with Crippen LogP contribution in [0.3, 0.4) is 0 Å². The van der Waals surface area contributed by atoms with Crippen molar-refractivity contribution in [2.45, 2.75) is 69.9 Å². The van der Waals surface area contributed by atoms with Gasteiger partial charge >= 0.3 is 12.5 Å². The highest BCUT2D eigenvalue weighted by Crippen LogP contribution is 2.42. The molecule has 208 valence electrons. The van der Waals surface area contributed by atoms with E-state index in [4.69, 9.17) is 9.47 Å². The van der Waals surface area contributed by atoms with Gasteiger partial charge < -0.3 is 23.7 Å². The van der Waals surface area contributed by atoms with E-state index in [2.05, 4.69) is 9.46 Å². The third-order valence-electron chi connectivity index (χ3n) is 6.67. The van der Waals surface area contributed by atoms with Crippen LogP contribution in [0.25, 0.3) is 0 Å². The minimum absolute atomic E-state index is 0.0564. The van der Waals surface area contributed by atoms with Gasteiger partial charge in [0.15, 0.2) is 0 Å². The summed E-state index contributed by atoms with van der Waals surface area (Å²) in [6.45, 7) is 6.70. The Bertz CT molecular complexity index is 1090. The molecule has 2 aliphatic heterocycles. The molecule has 2 aliphatic rings. The van der Waals surface area contributed by atoms with Crippen LogP contribution in [-0.4, -0.2) is 45.8 Å². The Hall–Kier alpha value is -2.63. The van der Waals surface area contributed by atoms with Gasteiger partial charge in [-0.15, -0.1) is 17.9 Å². The van der Waals surface area contributed by atoms with E-state index in [1.54, 1.807) is 4.90 Å². The molecule has 0 bridgehead atoms. The molecular formula is C27H33F3N2O5S. The van der Waals surface area contributed by atoms with Crippen molar-refractivity contribution in [2.24, 2.45) is 5.92 Å². The highest BCUT2D eigenvalue weighted by molar-refractivity contribution is 7.90. The van der Waals surface area contributed by atoms with E-state index in [9.17, 15) is 22.5 Å². The molecular weight excluding hydrogens is 521 g/mol. The number of alkyl halides is 3.